The van der Waals surface area contributed by atoms with E-state index >= 15 is 0 Å². The topological polar surface area (TPSA) is 52.3 Å². The summed E-state index contributed by atoms with van der Waals surface area (Å²) in [5, 5.41) is 0. The molecular weight excluding hydrogens is 254 g/mol. The number of ether oxygens (including phenoxy) is 1. The maximum Gasteiger partial charge on any atom is 0.126 e. The summed E-state index contributed by atoms with van der Waals surface area (Å²) < 4.78 is 17.1. The van der Waals surface area contributed by atoms with E-state index in [2.05, 4.69) is 15.9 Å². The molecule has 0 aliphatic rings. The molecule has 0 aliphatic carbocycles. The molecule has 72 valence electrons. The molecule has 0 saturated heterocycles. The minimum absolute atomic E-state index is 0.167. The van der Waals surface area contributed by atoms with Crippen LogP contribution in [0.2, 0.25) is 0 Å². The number of anilines is 1. The molecule has 0 bridgehead atoms. The van der Waals surface area contributed by atoms with Crippen molar-refractivity contribution in [2.75, 3.05) is 18.8 Å². The second kappa shape index (κ2) is 4.74. The minimum atomic E-state index is -1.18. The molecule has 5 heteroatoms. The average Bonchev–Trinajstić information content (AvgIpc) is 2.09. The van der Waals surface area contributed by atoms with Crippen molar-refractivity contribution in [2.24, 2.45) is 0 Å². The van der Waals surface area contributed by atoms with Gasteiger partial charge in [-0.25, -0.2) is 0 Å². The van der Waals surface area contributed by atoms with E-state index in [4.69, 9.17) is 10.5 Å². The van der Waals surface area contributed by atoms with Crippen molar-refractivity contribution in [3.05, 3.63) is 22.7 Å². The lowest BCUT2D eigenvalue weighted by atomic mass is 10.3. The van der Waals surface area contributed by atoms with Crippen LogP contribution in [0.15, 0.2) is 27.6 Å². The fourth-order valence-corrected chi connectivity index (χ4v) is 2.32. The Hall–Kier alpha value is -0.390. The molecule has 0 spiro atoms. The second-order valence-electron chi connectivity index (χ2n) is 2.43. The number of nitrogens with two attached hydrogens (primary N) is 1. The number of halogens is 1. The van der Waals surface area contributed by atoms with Crippen molar-refractivity contribution in [2.45, 2.75) is 4.90 Å². The Labute approximate surface area is 87.9 Å². The van der Waals surface area contributed by atoms with Gasteiger partial charge in [0.05, 0.1) is 15.7 Å². The van der Waals surface area contributed by atoms with Gasteiger partial charge in [0.25, 0.3) is 0 Å². The molecule has 0 fully saturated rings. The van der Waals surface area contributed by atoms with Crippen LogP contribution in [-0.4, -0.2) is 17.3 Å². The van der Waals surface area contributed by atoms with Crippen LogP contribution in [0.4, 0.5) is 5.69 Å². The van der Waals surface area contributed by atoms with Crippen LogP contribution >= 0.6 is 15.9 Å². The van der Waals surface area contributed by atoms with E-state index in [-0.39, 0.29) is 5.94 Å². The van der Waals surface area contributed by atoms with E-state index in [1.165, 1.54) is 7.11 Å². The third-order valence-corrected chi connectivity index (χ3v) is 3.23. The van der Waals surface area contributed by atoms with Gasteiger partial charge in [0.1, 0.15) is 5.94 Å². The highest BCUT2D eigenvalue weighted by atomic mass is 79.9. The molecule has 0 radical (unpaired) electrons. The highest BCUT2D eigenvalue weighted by Gasteiger charge is 2.07. The summed E-state index contributed by atoms with van der Waals surface area (Å²) in [5.74, 6) is 0.167. The molecule has 1 unspecified atom stereocenters. The normalized spacial score (nSPS) is 12.8. The molecule has 1 atom stereocenters. The van der Waals surface area contributed by atoms with Gasteiger partial charge in [-0.2, -0.15) is 0 Å². The van der Waals surface area contributed by atoms with E-state index in [0.29, 0.717) is 10.6 Å². The first kappa shape index (κ1) is 10.7. The monoisotopic (exact) mass is 263 g/mol. The number of hydrogen-bond acceptors (Lipinski definition) is 3. The molecule has 1 rings (SSSR count). The second-order valence-corrected chi connectivity index (χ2v) is 4.72. The van der Waals surface area contributed by atoms with Gasteiger partial charge >= 0.3 is 0 Å². The molecule has 2 N–H and O–H groups in total. The van der Waals surface area contributed by atoms with Crippen molar-refractivity contribution >= 4 is 32.4 Å². The molecule has 0 heterocycles. The van der Waals surface area contributed by atoms with Gasteiger partial charge in [-0.3, -0.25) is 4.21 Å². The van der Waals surface area contributed by atoms with Gasteiger partial charge in [-0.15, -0.1) is 0 Å². The standard InChI is InChI=1S/C8H10BrNO2S/c1-12-5-13(11)8-4-6(9)2-3-7(8)10/h2-4H,5,10H2,1H3. The van der Waals surface area contributed by atoms with Crippen LogP contribution < -0.4 is 5.73 Å². The van der Waals surface area contributed by atoms with Crippen LogP contribution in [0.5, 0.6) is 0 Å². The Morgan fingerprint density at radius 3 is 2.92 bits per heavy atom. The Kier molecular flexibility index (Phi) is 3.90. The zero-order valence-corrected chi connectivity index (χ0v) is 9.52. The van der Waals surface area contributed by atoms with E-state index in [1.54, 1.807) is 12.1 Å². The SMILES string of the molecule is COCS(=O)c1cc(Br)ccc1N. The van der Waals surface area contributed by atoms with Crippen LogP contribution in [0.25, 0.3) is 0 Å². The molecule has 13 heavy (non-hydrogen) atoms. The molecule has 3 nitrogen and oxygen atoms in total. The lowest BCUT2D eigenvalue weighted by molar-refractivity contribution is 0.254. The lowest BCUT2D eigenvalue weighted by Crippen LogP contribution is -2.03. The number of hydrogen-bond donors (Lipinski definition) is 1. The van der Waals surface area contributed by atoms with Crippen molar-refractivity contribution in [1.82, 2.24) is 0 Å². The van der Waals surface area contributed by atoms with Gasteiger partial charge < -0.3 is 10.5 Å². The van der Waals surface area contributed by atoms with E-state index in [9.17, 15) is 4.21 Å². The predicted octanol–water partition coefficient (Wildman–Crippen LogP) is 1.74. The molecule has 1 aromatic rings. The van der Waals surface area contributed by atoms with Crippen LogP contribution in [0, 0.1) is 0 Å². The van der Waals surface area contributed by atoms with Gasteiger partial charge in [0.15, 0.2) is 0 Å². The largest absolute Gasteiger partial charge is 0.398 e. The predicted molar refractivity (Wildman–Crippen MR) is 56.8 cm³/mol. The van der Waals surface area contributed by atoms with Crippen molar-refractivity contribution in [3.63, 3.8) is 0 Å². The third kappa shape index (κ3) is 2.79. The molecule has 0 aliphatic heterocycles. The van der Waals surface area contributed by atoms with E-state index < -0.39 is 10.8 Å². The van der Waals surface area contributed by atoms with Crippen LogP contribution in [0.1, 0.15) is 0 Å². The first-order valence-electron chi connectivity index (χ1n) is 3.57. The zero-order valence-electron chi connectivity index (χ0n) is 7.12. The molecule has 0 amide bonds. The summed E-state index contributed by atoms with van der Waals surface area (Å²) in [6, 6.07) is 5.26. The fraction of sp³-hybridized carbons (Fsp3) is 0.250. The number of benzene rings is 1. The Bertz CT molecular complexity index is 330. The van der Waals surface area contributed by atoms with Crippen LogP contribution in [-0.2, 0) is 15.5 Å². The highest BCUT2D eigenvalue weighted by Crippen LogP contribution is 2.21. The average molecular weight is 264 g/mol. The van der Waals surface area contributed by atoms with Crippen molar-refractivity contribution in [1.29, 1.82) is 0 Å². The Morgan fingerprint density at radius 2 is 2.31 bits per heavy atom. The summed E-state index contributed by atoms with van der Waals surface area (Å²) in [7, 11) is 0.324. The summed E-state index contributed by atoms with van der Waals surface area (Å²) in [6.45, 7) is 0. The molecular formula is C8H10BrNO2S. The quantitative estimate of drug-likeness (QED) is 0.846. The van der Waals surface area contributed by atoms with Gasteiger partial charge in [-0.1, -0.05) is 15.9 Å². The Morgan fingerprint density at radius 1 is 1.62 bits per heavy atom. The molecule has 1 aromatic carbocycles. The summed E-state index contributed by atoms with van der Waals surface area (Å²) in [4.78, 5) is 0.608. The number of rotatable bonds is 3. The van der Waals surface area contributed by atoms with Crippen LogP contribution in [0.3, 0.4) is 0 Å². The molecule has 0 saturated carbocycles. The minimum Gasteiger partial charge on any atom is -0.398 e. The first-order valence-corrected chi connectivity index (χ1v) is 5.68. The fourth-order valence-electron chi connectivity index (χ4n) is 0.876. The van der Waals surface area contributed by atoms with Gasteiger partial charge in [-0.05, 0) is 18.2 Å². The maximum atomic E-state index is 11.5. The van der Waals surface area contributed by atoms with E-state index in [0.717, 1.165) is 4.47 Å². The first-order chi connectivity index (χ1) is 6.15. The molecule has 0 aromatic heterocycles. The number of methoxy groups -OCH3 is 1. The van der Waals surface area contributed by atoms with Gasteiger partial charge in [0.2, 0.25) is 0 Å². The Balaban J connectivity index is 2.99. The van der Waals surface area contributed by atoms with Gasteiger partial charge in [0, 0.05) is 17.3 Å². The van der Waals surface area contributed by atoms with E-state index in [1.807, 2.05) is 6.07 Å². The maximum absolute atomic E-state index is 11.5. The summed E-state index contributed by atoms with van der Waals surface area (Å²) in [6.07, 6.45) is 0. The third-order valence-electron chi connectivity index (χ3n) is 1.45. The summed E-state index contributed by atoms with van der Waals surface area (Å²) >= 11 is 3.28. The van der Waals surface area contributed by atoms with Crippen molar-refractivity contribution < 1.29 is 8.95 Å². The summed E-state index contributed by atoms with van der Waals surface area (Å²) in [5.41, 5.74) is 6.18. The lowest BCUT2D eigenvalue weighted by Gasteiger charge is -2.04. The smallest absolute Gasteiger partial charge is 0.126 e. The van der Waals surface area contributed by atoms with Crippen molar-refractivity contribution in [3.8, 4) is 0 Å². The number of nitrogen functional groups attached to an aromatic ring is 1. The highest BCUT2D eigenvalue weighted by molar-refractivity contribution is 9.10. The zero-order chi connectivity index (χ0) is 9.84.